The zero-order valence-corrected chi connectivity index (χ0v) is 16.9. The van der Waals surface area contributed by atoms with Crippen molar-refractivity contribution in [1.29, 1.82) is 0 Å². The number of urea groups is 1. The number of anilines is 3. The zero-order chi connectivity index (χ0) is 22.1. The normalized spacial score (nSPS) is 13.0. The Labute approximate surface area is 182 Å². The molecule has 0 aliphatic heterocycles. The van der Waals surface area contributed by atoms with Crippen molar-refractivity contribution >= 4 is 40.8 Å². The molecule has 8 nitrogen and oxygen atoms in total. The van der Waals surface area contributed by atoms with E-state index in [1.54, 1.807) is 23.2 Å². The number of carbonyl (C=O) groups is 2. The molecule has 32 heavy (non-hydrogen) atoms. The lowest BCUT2D eigenvalue weighted by molar-refractivity contribution is -0.107. The van der Waals surface area contributed by atoms with E-state index in [2.05, 4.69) is 25.6 Å². The Bertz CT molecular complexity index is 1280. The maximum atomic E-state index is 13.0. The molecular weight excluding hydrogens is 411 g/mol. The van der Waals surface area contributed by atoms with Crippen LogP contribution in [0.1, 0.15) is 12.8 Å². The molecule has 0 atom stereocenters. The van der Waals surface area contributed by atoms with Crippen molar-refractivity contribution in [3.05, 3.63) is 66.6 Å². The van der Waals surface area contributed by atoms with E-state index >= 15 is 0 Å². The van der Waals surface area contributed by atoms with E-state index in [-0.39, 0.29) is 11.9 Å². The number of carbonyl (C=O) groups excluding carboxylic acids is 2. The number of aromatic amines is 1. The molecule has 5 rings (SSSR count). The topological polar surface area (TPSA) is 103 Å². The van der Waals surface area contributed by atoms with Crippen LogP contribution in [0.25, 0.3) is 22.3 Å². The number of fused-ring (bicyclic) bond motifs is 1. The van der Waals surface area contributed by atoms with Gasteiger partial charge in [-0.2, -0.15) is 4.98 Å². The van der Waals surface area contributed by atoms with Crippen LogP contribution < -0.4 is 15.5 Å². The van der Waals surface area contributed by atoms with Gasteiger partial charge < -0.3 is 15.6 Å². The lowest BCUT2D eigenvalue weighted by Gasteiger charge is -2.15. The van der Waals surface area contributed by atoms with Gasteiger partial charge in [-0.3, -0.25) is 9.69 Å². The number of hydrogen-bond acceptors (Lipinski definition) is 4. The number of H-pyrrole nitrogens is 1. The van der Waals surface area contributed by atoms with Gasteiger partial charge in [0.25, 0.3) is 0 Å². The van der Waals surface area contributed by atoms with Crippen molar-refractivity contribution in [2.24, 2.45) is 0 Å². The molecule has 0 saturated heterocycles. The maximum absolute atomic E-state index is 13.0. The number of hydrogen-bond donors (Lipinski definition) is 3. The molecule has 2 heterocycles. The van der Waals surface area contributed by atoms with Crippen LogP contribution in [0.3, 0.4) is 0 Å². The monoisotopic (exact) mass is 430 g/mol. The van der Waals surface area contributed by atoms with Gasteiger partial charge in [-0.05, 0) is 55.3 Å². The number of aromatic nitrogens is 3. The highest BCUT2D eigenvalue weighted by atomic mass is 19.1. The van der Waals surface area contributed by atoms with Gasteiger partial charge in [-0.15, -0.1) is 0 Å². The summed E-state index contributed by atoms with van der Waals surface area (Å²) >= 11 is 0. The third kappa shape index (κ3) is 4.00. The highest BCUT2D eigenvalue weighted by Crippen LogP contribution is 2.32. The molecule has 1 fully saturated rings. The van der Waals surface area contributed by atoms with Gasteiger partial charge in [0, 0.05) is 34.6 Å². The lowest BCUT2D eigenvalue weighted by Crippen LogP contribution is -2.25. The fraction of sp³-hybridized carbons (Fsp3) is 0.130. The van der Waals surface area contributed by atoms with E-state index in [4.69, 9.17) is 0 Å². The predicted molar refractivity (Wildman–Crippen MR) is 120 cm³/mol. The van der Waals surface area contributed by atoms with Crippen LogP contribution in [0.4, 0.5) is 26.5 Å². The minimum Gasteiger partial charge on any atom is -0.346 e. The van der Waals surface area contributed by atoms with Crippen molar-refractivity contribution < 1.29 is 14.0 Å². The summed E-state index contributed by atoms with van der Waals surface area (Å²) in [6, 6.07) is 14.3. The third-order valence-electron chi connectivity index (χ3n) is 5.21. The Morgan fingerprint density at radius 2 is 1.66 bits per heavy atom. The second-order valence-electron chi connectivity index (χ2n) is 7.52. The Morgan fingerprint density at radius 1 is 1.00 bits per heavy atom. The van der Waals surface area contributed by atoms with Gasteiger partial charge in [-0.1, -0.05) is 12.1 Å². The average molecular weight is 430 g/mol. The Morgan fingerprint density at radius 3 is 2.28 bits per heavy atom. The van der Waals surface area contributed by atoms with E-state index in [1.807, 2.05) is 18.2 Å². The van der Waals surface area contributed by atoms with Crippen molar-refractivity contribution in [1.82, 2.24) is 15.0 Å². The third-order valence-corrected chi connectivity index (χ3v) is 5.21. The van der Waals surface area contributed by atoms with Crippen molar-refractivity contribution in [2.75, 3.05) is 15.5 Å². The number of amides is 3. The molecule has 0 unspecified atom stereocenters. The summed E-state index contributed by atoms with van der Waals surface area (Å²) in [5, 5.41) is 6.23. The highest BCUT2D eigenvalue weighted by Gasteiger charge is 2.31. The van der Waals surface area contributed by atoms with Gasteiger partial charge >= 0.3 is 6.03 Å². The molecule has 1 aliphatic carbocycles. The van der Waals surface area contributed by atoms with Crippen LogP contribution in [-0.4, -0.2) is 33.4 Å². The van der Waals surface area contributed by atoms with Crippen molar-refractivity contribution in [3.63, 3.8) is 0 Å². The molecule has 2 aromatic carbocycles. The molecule has 0 radical (unpaired) electrons. The molecule has 0 bridgehead atoms. The molecule has 3 N–H and O–H groups in total. The van der Waals surface area contributed by atoms with E-state index in [0.717, 1.165) is 30.2 Å². The minimum atomic E-state index is -0.437. The van der Waals surface area contributed by atoms with Gasteiger partial charge in [0.2, 0.25) is 12.4 Å². The smallest absolute Gasteiger partial charge is 0.323 e. The first-order valence-electron chi connectivity index (χ1n) is 10.1. The molecule has 9 heteroatoms. The average Bonchev–Trinajstić information content (AvgIpc) is 3.51. The van der Waals surface area contributed by atoms with Gasteiger partial charge in [0.15, 0.2) is 0 Å². The van der Waals surface area contributed by atoms with Crippen LogP contribution in [0.15, 0.2) is 60.8 Å². The fourth-order valence-electron chi connectivity index (χ4n) is 3.45. The first-order valence-corrected chi connectivity index (χ1v) is 10.1. The molecule has 2 aromatic heterocycles. The standard InChI is InChI=1S/C23H19FN6O2/c24-15-3-7-17(8-4-15)27-23(32)26-16-5-1-14(2-6-16)20-19-11-12-25-21(19)29-22(28-20)30(13-31)18-9-10-18/h1-8,11-13,18H,9-10H2,(H,25,28,29)(H2,26,27,32). The molecule has 0 spiro atoms. The summed E-state index contributed by atoms with van der Waals surface area (Å²) in [4.78, 5) is 37.6. The maximum Gasteiger partial charge on any atom is 0.323 e. The summed E-state index contributed by atoms with van der Waals surface area (Å²) in [6.45, 7) is 0. The summed E-state index contributed by atoms with van der Waals surface area (Å²) in [6.07, 6.45) is 4.45. The number of benzene rings is 2. The molecule has 1 aliphatic rings. The molecule has 1 saturated carbocycles. The number of rotatable bonds is 6. The van der Waals surface area contributed by atoms with Crippen LogP contribution in [0.5, 0.6) is 0 Å². The summed E-state index contributed by atoms with van der Waals surface area (Å²) in [5.41, 5.74) is 3.24. The Balaban J connectivity index is 1.37. The van der Waals surface area contributed by atoms with E-state index in [1.165, 1.54) is 24.3 Å². The quantitative estimate of drug-likeness (QED) is 0.391. The summed E-state index contributed by atoms with van der Waals surface area (Å²) < 4.78 is 13.0. The second-order valence-corrected chi connectivity index (χ2v) is 7.52. The van der Waals surface area contributed by atoms with Crippen molar-refractivity contribution in [3.8, 4) is 11.3 Å². The lowest BCUT2D eigenvalue weighted by atomic mass is 10.1. The fourth-order valence-corrected chi connectivity index (χ4v) is 3.45. The summed E-state index contributed by atoms with van der Waals surface area (Å²) in [7, 11) is 0. The number of nitrogens with one attached hydrogen (secondary N) is 3. The molecular formula is C23H19FN6O2. The zero-order valence-electron chi connectivity index (χ0n) is 16.9. The first kappa shape index (κ1) is 19.7. The van der Waals surface area contributed by atoms with E-state index < -0.39 is 6.03 Å². The van der Waals surface area contributed by atoms with Crippen molar-refractivity contribution in [2.45, 2.75) is 18.9 Å². The highest BCUT2D eigenvalue weighted by molar-refractivity contribution is 6.00. The van der Waals surface area contributed by atoms with Crippen LogP contribution in [0.2, 0.25) is 0 Å². The van der Waals surface area contributed by atoms with E-state index in [9.17, 15) is 14.0 Å². The van der Waals surface area contributed by atoms with Gasteiger partial charge in [-0.25, -0.2) is 14.2 Å². The first-order chi connectivity index (χ1) is 15.6. The van der Waals surface area contributed by atoms with Gasteiger partial charge in [0.1, 0.15) is 11.5 Å². The Hall–Kier alpha value is -4.27. The molecule has 4 aromatic rings. The minimum absolute atomic E-state index is 0.152. The summed E-state index contributed by atoms with van der Waals surface area (Å²) in [5.74, 6) is -0.00215. The predicted octanol–water partition coefficient (Wildman–Crippen LogP) is 4.53. The SMILES string of the molecule is O=CN(c1nc(-c2ccc(NC(=O)Nc3ccc(F)cc3)cc2)c2cc[nH]c2n1)C1CC1. The van der Waals surface area contributed by atoms with Crippen LogP contribution >= 0.6 is 0 Å². The van der Waals surface area contributed by atoms with Gasteiger partial charge in [0.05, 0.1) is 5.69 Å². The molecule has 3 amide bonds. The Kier molecular flexibility index (Phi) is 4.98. The number of nitrogens with zero attached hydrogens (tertiary/aromatic N) is 3. The largest absolute Gasteiger partial charge is 0.346 e. The second kappa shape index (κ2) is 8.10. The number of halogens is 1. The molecule has 160 valence electrons. The van der Waals surface area contributed by atoms with Crippen LogP contribution in [-0.2, 0) is 4.79 Å². The van der Waals surface area contributed by atoms with Crippen LogP contribution in [0, 0.1) is 5.82 Å². The van der Waals surface area contributed by atoms with E-state index in [0.29, 0.717) is 28.7 Å².